The van der Waals surface area contributed by atoms with Crippen LogP contribution in [0.5, 0.6) is 0 Å². The molecule has 1 atom stereocenters. The van der Waals surface area contributed by atoms with Gasteiger partial charge in [-0.2, -0.15) is 12.6 Å². The van der Waals surface area contributed by atoms with E-state index in [1.807, 2.05) is 0 Å². The van der Waals surface area contributed by atoms with E-state index in [1.165, 1.54) is 12.5 Å². The summed E-state index contributed by atoms with van der Waals surface area (Å²) < 4.78 is 0. The van der Waals surface area contributed by atoms with Gasteiger partial charge in [0.15, 0.2) is 0 Å². The van der Waals surface area contributed by atoms with Crippen molar-refractivity contribution in [3.63, 3.8) is 0 Å². The van der Waals surface area contributed by atoms with Gasteiger partial charge in [-0.3, -0.25) is 0 Å². The van der Waals surface area contributed by atoms with Crippen LogP contribution in [-0.4, -0.2) is 13.8 Å². The summed E-state index contributed by atoms with van der Waals surface area (Å²) in [4.78, 5) is 0. The second-order valence-electron chi connectivity index (χ2n) is 3.45. The van der Waals surface area contributed by atoms with Crippen molar-refractivity contribution in [3.8, 4) is 0 Å². The van der Waals surface area contributed by atoms with Crippen molar-refractivity contribution in [3.05, 3.63) is 23.0 Å². The molecule has 0 N–H and O–H groups in total. The molecular weight excluding hydrogens is 168 g/mol. The molecular formula is C9H16SSi. The molecule has 1 unspecified atom stereocenters. The predicted octanol–water partition coefficient (Wildman–Crippen LogP) is 2.98. The van der Waals surface area contributed by atoms with E-state index in [2.05, 4.69) is 44.0 Å². The molecule has 2 heteroatoms. The van der Waals surface area contributed by atoms with Crippen LogP contribution >= 0.6 is 12.6 Å². The van der Waals surface area contributed by atoms with Crippen molar-refractivity contribution >= 4 is 20.7 Å². The van der Waals surface area contributed by atoms with Crippen LogP contribution in [0, 0.1) is 0 Å². The van der Waals surface area contributed by atoms with Crippen LogP contribution in [0.25, 0.3) is 0 Å². The van der Waals surface area contributed by atoms with Gasteiger partial charge in [0, 0.05) is 0 Å². The van der Waals surface area contributed by atoms with Gasteiger partial charge in [0.05, 0.1) is 0 Å². The van der Waals surface area contributed by atoms with E-state index in [0.29, 0.717) is 0 Å². The molecule has 1 rings (SSSR count). The Hall–Kier alpha value is 0.0469. The normalized spacial score (nSPS) is 29.2. The SMILES string of the molecule is CC1=CC=C[Si]1(C)CCCS. The van der Waals surface area contributed by atoms with Gasteiger partial charge in [-0.05, 0) is 25.1 Å². The fourth-order valence-corrected chi connectivity index (χ4v) is 4.64. The lowest BCUT2D eigenvalue weighted by atomic mass is 10.5. The Balaban J connectivity index is 2.53. The van der Waals surface area contributed by atoms with E-state index < -0.39 is 8.07 Å². The summed E-state index contributed by atoms with van der Waals surface area (Å²) in [5.41, 5.74) is 2.44. The quantitative estimate of drug-likeness (QED) is 0.506. The Morgan fingerprint density at radius 1 is 1.55 bits per heavy atom. The molecule has 0 aromatic rings. The Labute approximate surface area is 75.8 Å². The van der Waals surface area contributed by atoms with Crippen LogP contribution in [-0.2, 0) is 0 Å². The Morgan fingerprint density at radius 3 is 2.73 bits per heavy atom. The fourth-order valence-electron chi connectivity index (χ4n) is 1.45. The van der Waals surface area contributed by atoms with Gasteiger partial charge >= 0.3 is 0 Å². The zero-order valence-electron chi connectivity index (χ0n) is 7.30. The van der Waals surface area contributed by atoms with Crippen LogP contribution in [0.3, 0.4) is 0 Å². The Kier molecular flexibility index (Phi) is 3.02. The molecule has 0 saturated carbocycles. The van der Waals surface area contributed by atoms with Crippen LogP contribution in [0.2, 0.25) is 12.6 Å². The molecule has 0 aliphatic carbocycles. The lowest BCUT2D eigenvalue weighted by Crippen LogP contribution is -2.27. The molecule has 0 bridgehead atoms. The number of hydrogen-bond acceptors (Lipinski definition) is 1. The number of rotatable bonds is 3. The average Bonchev–Trinajstić information content (AvgIpc) is 2.30. The maximum Gasteiger partial charge on any atom is 0.102 e. The first kappa shape index (κ1) is 9.14. The third kappa shape index (κ3) is 2.00. The fraction of sp³-hybridized carbons (Fsp3) is 0.556. The highest BCUT2D eigenvalue weighted by Gasteiger charge is 2.27. The molecule has 0 radical (unpaired) electrons. The second kappa shape index (κ2) is 3.63. The monoisotopic (exact) mass is 184 g/mol. The average molecular weight is 184 g/mol. The minimum Gasteiger partial charge on any atom is -0.179 e. The first-order valence-electron chi connectivity index (χ1n) is 4.16. The minimum absolute atomic E-state index is 1.03. The summed E-state index contributed by atoms with van der Waals surface area (Å²) in [6, 6.07) is 1.37. The first-order valence-corrected chi connectivity index (χ1v) is 7.58. The highest BCUT2D eigenvalue weighted by atomic mass is 32.1. The van der Waals surface area contributed by atoms with Crippen LogP contribution in [0.1, 0.15) is 13.3 Å². The molecule has 0 amide bonds. The first-order chi connectivity index (χ1) is 5.19. The topological polar surface area (TPSA) is 0 Å². The van der Waals surface area contributed by atoms with Gasteiger partial charge in [0.25, 0.3) is 0 Å². The maximum absolute atomic E-state index is 4.24. The molecule has 0 saturated heterocycles. The van der Waals surface area contributed by atoms with Gasteiger partial charge in [-0.25, -0.2) is 0 Å². The number of thiol groups is 1. The molecule has 0 aromatic heterocycles. The molecule has 0 aromatic carbocycles. The van der Waals surface area contributed by atoms with Gasteiger partial charge in [0.2, 0.25) is 0 Å². The molecule has 1 heterocycles. The minimum atomic E-state index is -1.08. The van der Waals surface area contributed by atoms with Crippen molar-refractivity contribution in [2.45, 2.75) is 25.9 Å². The van der Waals surface area contributed by atoms with Crippen LogP contribution in [0.4, 0.5) is 0 Å². The molecule has 11 heavy (non-hydrogen) atoms. The van der Waals surface area contributed by atoms with Gasteiger partial charge in [-0.1, -0.05) is 29.6 Å². The largest absolute Gasteiger partial charge is 0.179 e. The van der Waals surface area contributed by atoms with Crippen molar-refractivity contribution in [2.24, 2.45) is 0 Å². The molecule has 0 fully saturated rings. The van der Waals surface area contributed by atoms with E-state index in [0.717, 1.165) is 5.75 Å². The van der Waals surface area contributed by atoms with E-state index in [4.69, 9.17) is 0 Å². The van der Waals surface area contributed by atoms with Gasteiger partial charge in [0.1, 0.15) is 8.07 Å². The summed E-state index contributed by atoms with van der Waals surface area (Å²) in [7, 11) is -1.08. The van der Waals surface area contributed by atoms with Crippen molar-refractivity contribution in [1.82, 2.24) is 0 Å². The highest BCUT2D eigenvalue weighted by molar-refractivity contribution is 7.80. The summed E-state index contributed by atoms with van der Waals surface area (Å²) in [5.74, 6) is 1.03. The molecule has 62 valence electrons. The lowest BCUT2D eigenvalue weighted by Gasteiger charge is -2.20. The van der Waals surface area contributed by atoms with Crippen molar-refractivity contribution < 1.29 is 0 Å². The zero-order valence-corrected chi connectivity index (χ0v) is 9.20. The smallest absolute Gasteiger partial charge is 0.102 e. The highest BCUT2D eigenvalue weighted by Crippen LogP contribution is 2.27. The van der Waals surface area contributed by atoms with Crippen molar-refractivity contribution in [2.75, 3.05) is 5.75 Å². The van der Waals surface area contributed by atoms with Crippen LogP contribution < -0.4 is 0 Å². The number of hydrogen-bond donors (Lipinski definition) is 1. The van der Waals surface area contributed by atoms with E-state index in [-0.39, 0.29) is 0 Å². The zero-order chi connectivity index (χ0) is 8.32. The van der Waals surface area contributed by atoms with E-state index in [9.17, 15) is 0 Å². The van der Waals surface area contributed by atoms with Gasteiger partial charge in [-0.15, -0.1) is 0 Å². The summed E-state index contributed by atoms with van der Waals surface area (Å²) in [5, 5.41) is 1.62. The summed E-state index contributed by atoms with van der Waals surface area (Å²) >= 11 is 4.24. The second-order valence-corrected chi connectivity index (χ2v) is 8.36. The maximum atomic E-state index is 4.24. The molecule has 1 aliphatic heterocycles. The Morgan fingerprint density at radius 2 is 2.27 bits per heavy atom. The van der Waals surface area contributed by atoms with Gasteiger partial charge < -0.3 is 0 Å². The Bertz CT molecular complexity index is 196. The number of allylic oxidation sites excluding steroid dienone is 3. The molecule has 0 spiro atoms. The lowest BCUT2D eigenvalue weighted by molar-refractivity contribution is 1.07. The van der Waals surface area contributed by atoms with E-state index in [1.54, 1.807) is 5.20 Å². The third-order valence-electron chi connectivity index (χ3n) is 2.57. The molecule has 0 nitrogen and oxygen atoms in total. The van der Waals surface area contributed by atoms with E-state index >= 15 is 0 Å². The summed E-state index contributed by atoms with van der Waals surface area (Å²) in [6.45, 7) is 4.70. The molecule has 1 aliphatic rings. The standard InChI is InChI=1S/C9H16SSi/c1-9-5-3-7-11(9,2)8-4-6-10/h3,5,7,10H,4,6,8H2,1-2H3. The van der Waals surface area contributed by atoms with Crippen LogP contribution in [0.15, 0.2) is 23.0 Å². The summed E-state index contributed by atoms with van der Waals surface area (Å²) in [6.07, 6.45) is 5.76. The predicted molar refractivity (Wildman–Crippen MR) is 57.8 cm³/mol. The van der Waals surface area contributed by atoms with Crippen molar-refractivity contribution in [1.29, 1.82) is 0 Å². The third-order valence-corrected chi connectivity index (χ3v) is 7.17.